The predicted octanol–water partition coefficient (Wildman–Crippen LogP) is 1.77. The molecule has 1 aromatic rings. The summed E-state index contributed by atoms with van der Waals surface area (Å²) in [5, 5.41) is 12.8. The highest BCUT2D eigenvalue weighted by Gasteiger charge is 2.22. The predicted molar refractivity (Wildman–Crippen MR) is 52.4 cm³/mol. The standard InChI is InChI=1S/C8H8IN3/c9-7-5-12(4-6-1-2-6)11-8(7)3-10/h5-6H,1-2,4H2. The molecule has 0 aromatic carbocycles. The minimum atomic E-state index is 0.552. The van der Waals surface area contributed by atoms with Crippen molar-refractivity contribution in [3.63, 3.8) is 0 Å². The lowest BCUT2D eigenvalue weighted by atomic mass is 10.4. The van der Waals surface area contributed by atoms with Crippen LogP contribution in [0.1, 0.15) is 18.5 Å². The lowest BCUT2D eigenvalue weighted by Gasteiger charge is -1.95. The van der Waals surface area contributed by atoms with Crippen molar-refractivity contribution in [1.29, 1.82) is 5.26 Å². The zero-order valence-corrected chi connectivity index (χ0v) is 8.65. The maximum absolute atomic E-state index is 8.65. The topological polar surface area (TPSA) is 41.6 Å². The Balaban J connectivity index is 2.16. The van der Waals surface area contributed by atoms with Crippen LogP contribution in [-0.2, 0) is 6.54 Å². The molecule has 1 saturated carbocycles. The Bertz CT molecular complexity index is 333. The largest absolute Gasteiger partial charge is 0.270 e. The lowest BCUT2D eigenvalue weighted by molar-refractivity contribution is 0.561. The van der Waals surface area contributed by atoms with E-state index < -0.39 is 0 Å². The van der Waals surface area contributed by atoms with Gasteiger partial charge < -0.3 is 0 Å². The Morgan fingerprint density at radius 1 is 1.75 bits per heavy atom. The number of aromatic nitrogens is 2. The second kappa shape index (κ2) is 3.05. The molecule has 1 heterocycles. The molecule has 0 unspecified atom stereocenters. The zero-order chi connectivity index (χ0) is 8.55. The van der Waals surface area contributed by atoms with E-state index in [-0.39, 0.29) is 0 Å². The van der Waals surface area contributed by atoms with Crippen LogP contribution in [0, 0.1) is 20.8 Å². The summed E-state index contributed by atoms with van der Waals surface area (Å²) in [6.07, 6.45) is 4.58. The highest BCUT2D eigenvalue weighted by molar-refractivity contribution is 14.1. The van der Waals surface area contributed by atoms with E-state index in [0.29, 0.717) is 5.69 Å². The van der Waals surface area contributed by atoms with Crippen LogP contribution in [0.5, 0.6) is 0 Å². The van der Waals surface area contributed by atoms with Gasteiger partial charge in [0.2, 0.25) is 0 Å². The van der Waals surface area contributed by atoms with Crippen molar-refractivity contribution in [1.82, 2.24) is 9.78 Å². The van der Waals surface area contributed by atoms with E-state index in [2.05, 4.69) is 33.8 Å². The molecule has 0 radical (unpaired) electrons. The number of nitriles is 1. The fourth-order valence-electron chi connectivity index (χ4n) is 1.13. The molecule has 0 aliphatic heterocycles. The molecule has 0 N–H and O–H groups in total. The molecule has 2 rings (SSSR count). The number of hydrogen-bond acceptors (Lipinski definition) is 2. The van der Waals surface area contributed by atoms with Gasteiger partial charge in [0, 0.05) is 12.7 Å². The fourth-order valence-corrected chi connectivity index (χ4v) is 1.68. The van der Waals surface area contributed by atoms with Gasteiger partial charge in [-0.25, -0.2) is 0 Å². The van der Waals surface area contributed by atoms with Gasteiger partial charge in [-0.1, -0.05) is 0 Å². The van der Waals surface area contributed by atoms with Gasteiger partial charge in [0.05, 0.1) is 3.57 Å². The highest BCUT2D eigenvalue weighted by atomic mass is 127. The molecule has 1 fully saturated rings. The first-order valence-electron chi connectivity index (χ1n) is 3.92. The number of rotatable bonds is 2. The minimum absolute atomic E-state index is 0.552. The van der Waals surface area contributed by atoms with Gasteiger partial charge in [0.25, 0.3) is 0 Å². The minimum Gasteiger partial charge on any atom is -0.270 e. The van der Waals surface area contributed by atoms with Gasteiger partial charge in [-0.2, -0.15) is 10.4 Å². The highest BCUT2D eigenvalue weighted by Crippen LogP contribution is 2.30. The SMILES string of the molecule is N#Cc1nn(CC2CC2)cc1I. The average molecular weight is 273 g/mol. The molecular weight excluding hydrogens is 265 g/mol. The summed E-state index contributed by atoms with van der Waals surface area (Å²) in [5.41, 5.74) is 0.552. The van der Waals surface area contributed by atoms with Crippen LogP contribution in [-0.4, -0.2) is 9.78 Å². The molecule has 1 aromatic heterocycles. The van der Waals surface area contributed by atoms with E-state index in [4.69, 9.17) is 5.26 Å². The van der Waals surface area contributed by atoms with Crippen LogP contribution < -0.4 is 0 Å². The van der Waals surface area contributed by atoms with E-state index >= 15 is 0 Å². The molecule has 0 amide bonds. The van der Waals surface area contributed by atoms with Crippen molar-refractivity contribution < 1.29 is 0 Å². The van der Waals surface area contributed by atoms with Crippen molar-refractivity contribution >= 4 is 22.6 Å². The second-order valence-corrected chi connectivity index (χ2v) is 4.27. The normalized spacial score (nSPS) is 16.0. The van der Waals surface area contributed by atoms with Crippen molar-refractivity contribution in [2.75, 3.05) is 0 Å². The monoisotopic (exact) mass is 273 g/mol. The first-order chi connectivity index (χ1) is 5.79. The number of hydrogen-bond donors (Lipinski definition) is 0. The van der Waals surface area contributed by atoms with Gasteiger partial charge in [0.15, 0.2) is 5.69 Å². The molecule has 1 aliphatic carbocycles. The average Bonchev–Trinajstić information content (AvgIpc) is 2.76. The van der Waals surface area contributed by atoms with Crippen LogP contribution in [0.25, 0.3) is 0 Å². The number of halogens is 1. The van der Waals surface area contributed by atoms with E-state index in [9.17, 15) is 0 Å². The maximum Gasteiger partial charge on any atom is 0.175 e. The van der Waals surface area contributed by atoms with E-state index in [1.165, 1.54) is 12.8 Å². The van der Waals surface area contributed by atoms with Crippen LogP contribution in [0.2, 0.25) is 0 Å². The summed E-state index contributed by atoms with van der Waals surface area (Å²) < 4.78 is 2.84. The van der Waals surface area contributed by atoms with E-state index in [1.54, 1.807) is 0 Å². The molecule has 4 heteroatoms. The summed E-state index contributed by atoms with van der Waals surface area (Å²) in [7, 11) is 0. The Kier molecular flexibility index (Phi) is 2.05. The molecule has 0 atom stereocenters. The first-order valence-corrected chi connectivity index (χ1v) is 5.00. The van der Waals surface area contributed by atoms with Gasteiger partial charge in [-0.15, -0.1) is 0 Å². The van der Waals surface area contributed by atoms with Gasteiger partial charge in [-0.3, -0.25) is 4.68 Å². The quantitative estimate of drug-likeness (QED) is 0.770. The maximum atomic E-state index is 8.65. The van der Waals surface area contributed by atoms with Crippen molar-refractivity contribution in [3.05, 3.63) is 15.5 Å². The summed E-state index contributed by atoms with van der Waals surface area (Å²) >= 11 is 2.14. The Morgan fingerprint density at radius 2 is 2.50 bits per heavy atom. The fraction of sp³-hybridized carbons (Fsp3) is 0.500. The smallest absolute Gasteiger partial charge is 0.175 e. The summed E-state index contributed by atoms with van der Waals surface area (Å²) in [6.45, 7) is 0.984. The molecule has 62 valence electrons. The molecule has 1 aliphatic rings. The Morgan fingerprint density at radius 3 is 3.00 bits per heavy atom. The molecule has 0 saturated heterocycles. The first kappa shape index (κ1) is 8.05. The van der Waals surface area contributed by atoms with Crippen LogP contribution in [0.15, 0.2) is 6.20 Å². The van der Waals surface area contributed by atoms with Crippen LogP contribution in [0.4, 0.5) is 0 Å². The van der Waals surface area contributed by atoms with Gasteiger partial charge in [0.1, 0.15) is 6.07 Å². The molecule has 12 heavy (non-hydrogen) atoms. The molecule has 3 nitrogen and oxygen atoms in total. The Hall–Kier alpha value is -0.570. The summed E-state index contributed by atoms with van der Waals surface area (Å²) in [4.78, 5) is 0. The third-order valence-corrected chi connectivity index (χ3v) is 2.75. The molecule has 0 bridgehead atoms. The second-order valence-electron chi connectivity index (χ2n) is 3.10. The lowest BCUT2D eigenvalue weighted by Crippen LogP contribution is -1.99. The van der Waals surface area contributed by atoms with Gasteiger partial charge in [-0.05, 0) is 41.4 Å². The third-order valence-electron chi connectivity index (χ3n) is 1.97. The van der Waals surface area contributed by atoms with E-state index in [0.717, 1.165) is 16.0 Å². The summed E-state index contributed by atoms with van der Waals surface area (Å²) in [5.74, 6) is 0.812. The Labute approximate surface area is 84.5 Å². The summed E-state index contributed by atoms with van der Waals surface area (Å²) in [6, 6.07) is 2.07. The number of nitrogens with zero attached hydrogens (tertiary/aromatic N) is 3. The van der Waals surface area contributed by atoms with Crippen molar-refractivity contribution in [2.24, 2.45) is 5.92 Å². The van der Waals surface area contributed by atoms with E-state index in [1.807, 2.05) is 10.9 Å². The molecule has 0 spiro atoms. The van der Waals surface area contributed by atoms with Crippen molar-refractivity contribution in [2.45, 2.75) is 19.4 Å². The van der Waals surface area contributed by atoms with Gasteiger partial charge >= 0.3 is 0 Å². The van der Waals surface area contributed by atoms with Crippen LogP contribution in [0.3, 0.4) is 0 Å². The van der Waals surface area contributed by atoms with Crippen molar-refractivity contribution in [3.8, 4) is 6.07 Å². The molecular formula is C8H8IN3. The van der Waals surface area contributed by atoms with Crippen LogP contribution >= 0.6 is 22.6 Å². The third kappa shape index (κ3) is 1.61. The zero-order valence-electron chi connectivity index (χ0n) is 6.50.